The summed E-state index contributed by atoms with van der Waals surface area (Å²) in [7, 11) is 0. The topological polar surface area (TPSA) is 20.2 Å². The van der Waals surface area contributed by atoms with Crippen LogP contribution >= 0.6 is 11.8 Å². The van der Waals surface area contributed by atoms with E-state index in [2.05, 4.69) is 32.6 Å². The first kappa shape index (κ1) is 11.9. The van der Waals surface area contributed by atoms with Crippen LogP contribution in [0.3, 0.4) is 0 Å². The fraction of sp³-hybridized carbons (Fsp3) is 0.833. The fourth-order valence-corrected chi connectivity index (χ4v) is 2.77. The third-order valence-corrected chi connectivity index (χ3v) is 3.47. The smallest absolute Gasteiger partial charge is 0.0685 e. The zero-order valence-electron chi connectivity index (χ0n) is 9.34. The van der Waals surface area contributed by atoms with Crippen LogP contribution in [0.5, 0.6) is 0 Å². The van der Waals surface area contributed by atoms with Gasteiger partial charge in [-0.25, -0.2) is 0 Å². The zero-order valence-corrected chi connectivity index (χ0v) is 10.2. The zero-order chi connectivity index (χ0) is 10.6. The maximum Gasteiger partial charge on any atom is 0.0685 e. The molecule has 0 saturated carbocycles. The summed E-state index contributed by atoms with van der Waals surface area (Å²) in [5, 5.41) is 9.83. The van der Waals surface area contributed by atoms with Crippen molar-refractivity contribution >= 4 is 11.8 Å². The van der Waals surface area contributed by atoms with Gasteiger partial charge < -0.3 is 5.11 Å². The Kier molecular flexibility index (Phi) is 4.34. The highest BCUT2D eigenvalue weighted by atomic mass is 32.2. The van der Waals surface area contributed by atoms with E-state index < -0.39 is 0 Å². The first-order valence-electron chi connectivity index (χ1n) is 5.25. The van der Waals surface area contributed by atoms with Crippen LogP contribution in [0.15, 0.2) is 0 Å². The SMILES string of the molecule is CC(C)(C)C#CCC(O)C1CCSC1. The molecule has 2 atom stereocenters. The Morgan fingerprint density at radius 3 is 2.71 bits per heavy atom. The van der Waals surface area contributed by atoms with Gasteiger partial charge in [0.15, 0.2) is 0 Å². The summed E-state index contributed by atoms with van der Waals surface area (Å²) in [5.41, 5.74) is 0.0597. The maximum absolute atomic E-state index is 9.83. The van der Waals surface area contributed by atoms with E-state index in [-0.39, 0.29) is 11.5 Å². The van der Waals surface area contributed by atoms with E-state index in [1.54, 1.807) is 0 Å². The summed E-state index contributed by atoms with van der Waals surface area (Å²) in [6.45, 7) is 6.29. The predicted octanol–water partition coefficient (Wildman–Crippen LogP) is 2.54. The van der Waals surface area contributed by atoms with Crippen molar-refractivity contribution in [2.75, 3.05) is 11.5 Å². The molecule has 1 nitrogen and oxygen atoms in total. The first-order chi connectivity index (χ1) is 6.49. The largest absolute Gasteiger partial charge is 0.392 e. The lowest BCUT2D eigenvalue weighted by molar-refractivity contribution is 0.125. The average Bonchev–Trinajstić information content (AvgIpc) is 2.53. The average molecular weight is 212 g/mol. The molecule has 2 unspecified atom stereocenters. The van der Waals surface area contributed by atoms with E-state index in [9.17, 15) is 5.11 Å². The van der Waals surface area contributed by atoms with Crippen LogP contribution in [0.1, 0.15) is 33.6 Å². The molecule has 1 aliphatic heterocycles. The molecule has 2 heteroatoms. The van der Waals surface area contributed by atoms with Gasteiger partial charge >= 0.3 is 0 Å². The molecule has 1 aliphatic rings. The van der Waals surface area contributed by atoms with Crippen LogP contribution in [-0.4, -0.2) is 22.7 Å². The van der Waals surface area contributed by atoms with Gasteiger partial charge in [0.2, 0.25) is 0 Å². The highest BCUT2D eigenvalue weighted by Crippen LogP contribution is 2.27. The Hall–Kier alpha value is -0.130. The molecule has 0 bridgehead atoms. The Morgan fingerprint density at radius 1 is 1.50 bits per heavy atom. The summed E-state index contributed by atoms with van der Waals surface area (Å²) in [6, 6.07) is 0. The lowest BCUT2D eigenvalue weighted by Gasteiger charge is -2.14. The molecule has 1 fully saturated rings. The third-order valence-electron chi connectivity index (χ3n) is 2.28. The standard InChI is InChI=1S/C12H20OS/c1-12(2,3)7-4-5-11(13)10-6-8-14-9-10/h10-11,13H,5-6,8-9H2,1-3H3. The van der Waals surface area contributed by atoms with E-state index in [0.29, 0.717) is 12.3 Å². The van der Waals surface area contributed by atoms with Crippen LogP contribution in [0, 0.1) is 23.2 Å². The summed E-state index contributed by atoms with van der Waals surface area (Å²) >= 11 is 1.94. The number of aliphatic hydroxyl groups excluding tert-OH is 1. The number of hydrogen-bond donors (Lipinski definition) is 1. The Bertz CT molecular complexity index is 225. The van der Waals surface area contributed by atoms with Crippen molar-refractivity contribution in [3.05, 3.63) is 0 Å². The van der Waals surface area contributed by atoms with E-state index in [1.165, 1.54) is 5.75 Å². The summed E-state index contributed by atoms with van der Waals surface area (Å²) < 4.78 is 0. The molecule has 0 aromatic rings. The van der Waals surface area contributed by atoms with Crippen molar-refractivity contribution in [3.63, 3.8) is 0 Å². The molecule has 80 valence electrons. The summed E-state index contributed by atoms with van der Waals surface area (Å²) in [5.74, 6) is 9.05. The highest BCUT2D eigenvalue weighted by molar-refractivity contribution is 7.99. The Balaban J connectivity index is 2.32. The minimum atomic E-state index is -0.208. The van der Waals surface area contributed by atoms with Crippen molar-refractivity contribution in [2.45, 2.75) is 39.7 Å². The van der Waals surface area contributed by atoms with Crippen LogP contribution in [-0.2, 0) is 0 Å². The quantitative estimate of drug-likeness (QED) is 0.710. The summed E-state index contributed by atoms with van der Waals surface area (Å²) in [6.07, 6.45) is 1.59. The van der Waals surface area contributed by atoms with Gasteiger partial charge in [-0.2, -0.15) is 11.8 Å². The molecule has 0 aliphatic carbocycles. The second-order valence-corrected chi connectivity index (χ2v) is 6.10. The normalized spacial score (nSPS) is 24.1. The number of rotatable bonds is 2. The first-order valence-corrected chi connectivity index (χ1v) is 6.40. The lowest BCUT2D eigenvalue weighted by atomic mass is 9.96. The number of aliphatic hydroxyl groups is 1. The second kappa shape index (κ2) is 5.09. The third kappa shape index (κ3) is 4.39. The molecule has 1 rings (SSSR count). The van der Waals surface area contributed by atoms with Gasteiger partial charge in [0.05, 0.1) is 6.10 Å². The van der Waals surface area contributed by atoms with E-state index in [4.69, 9.17) is 0 Å². The maximum atomic E-state index is 9.83. The molecule has 1 saturated heterocycles. The van der Waals surface area contributed by atoms with Crippen LogP contribution in [0.25, 0.3) is 0 Å². The number of hydrogen-bond acceptors (Lipinski definition) is 2. The molecule has 1 heterocycles. The Morgan fingerprint density at radius 2 is 2.21 bits per heavy atom. The van der Waals surface area contributed by atoms with Gasteiger partial charge in [0, 0.05) is 11.8 Å². The molecular weight excluding hydrogens is 192 g/mol. The molecule has 0 spiro atoms. The minimum Gasteiger partial charge on any atom is -0.392 e. The summed E-state index contributed by atoms with van der Waals surface area (Å²) in [4.78, 5) is 0. The van der Waals surface area contributed by atoms with Gasteiger partial charge in [-0.3, -0.25) is 0 Å². The molecule has 0 aromatic carbocycles. The van der Waals surface area contributed by atoms with Crippen LogP contribution in [0.4, 0.5) is 0 Å². The van der Waals surface area contributed by atoms with Gasteiger partial charge in [-0.1, -0.05) is 5.92 Å². The van der Waals surface area contributed by atoms with Gasteiger partial charge in [0.1, 0.15) is 0 Å². The van der Waals surface area contributed by atoms with Crippen molar-refractivity contribution in [3.8, 4) is 11.8 Å². The molecular formula is C12H20OS. The minimum absolute atomic E-state index is 0.0597. The molecule has 0 amide bonds. The predicted molar refractivity (Wildman–Crippen MR) is 63.3 cm³/mol. The van der Waals surface area contributed by atoms with E-state index >= 15 is 0 Å². The van der Waals surface area contributed by atoms with Crippen molar-refractivity contribution in [1.29, 1.82) is 0 Å². The second-order valence-electron chi connectivity index (χ2n) is 4.95. The van der Waals surface area contributed by atoms with Gasteiger partial charge in [-0.15, -0.1) is 5.92 Å². The Labute approximate surface area is 91.7 Å². The molecule has 1 N–H and O–H groups in total. The van der Waals surface area contributed by atoms with Crippen molar-refractivity contribution in [2.24, 2.45) is 11.3 Å². The molecule has 0 aromatic heterocycles. The van der Waals surface area contributed by atoms with Crippen LogP contribution < -0.4 is 0 Å². The number of thioether (sulfide) groups is 1. The monoisotopic (exact) mass is 212 g/mol. The fourth-order valence-electron chi connectivity index (χ4n) is 1.44. The van der Waals surface area contributed by atoms with Crippen molar-refractivity contribution < 1.29 is 5.11 Å². The van der Waals surface area contributed by atoms with Crippen LogP contribution in [0.2, 0.25) is 0 Å². The molecule has 0 radical (unpaired) electrons. The van der Waals surface area contributed by atoms with E-state index in [1.807, 2.05) is 11.8 Å². The van der Waals surface area contributed by atoms with Gasteiger partial charge in [-0.05, 0) is 44.6 Å². The molecule has 14 heavy (non-hydrogen) atoms. The van der Waals surface area contributed by atoms with E-state index in [0.717, 1.165) is 12.2 Å². The van der Waals surface area contributed by atoms with Gasteiger partial charge in [0.25, 0.3) is 0 Å². The van der Waals surface area contributed by atoms with Crippen molar-refractivity contribution in [1.82, 2.24) is 0 Å². The lowest BCUT2D eigenvalue weighted by Crippen LogP contribution is -2.19. The highest BCUT2D eigenvalue weighted by Gasteiger charge is 2.22.